The van der Waals surface area contributed by atoms with Crippen LogP contribution in [0.15, 0.2) is 84.9 Å². The van der Waals surface area contributed by atoms with Gasteiger partial charge in [-0.2, -0.15) is 36.9 Å². The van der Waals surface area contributed by atoms with Gasteiger partial charge in [-0.05, 0) is 67.9 Å². The van der Waals surface area contributed by atoms with Gasteiger partial charge >= 0.3 is 12.4 Å². The fourth-order valence-electron chi connectivity index (χ4n) is 5.86. The minimum absolute atomic E-state index is 0.353. The Hall–Kier alpha value is -5.88. The summed E-state index contributed by atoms with van der Waals surface area (Å²) in [4.78, 5) is 0. The number of nitriles is 2. The van der Waals surface area contributed by atoms with Crippen LogP contribution in [0.4, 0.5) is 37.7 Å². The maximum Gasteiger partial charge on any atom is 0.416 e. The quantitative estimate of drug-likeness (QED) is 0.145. The van der Waals surface area contributed by atoms with Gasteiger partial charge in [0.25, 0.3) is 0 Å². The van der Waals surface area contributed by atoms with Gasteiger partial charge in [0.1, 0.15) is 12.1 Å². The van der Waals surface area contributed by atoms with Crippen LogP contribution in [0.2, 0.25) is 0 Å². The lowest BCUT2D eigenvalue weighted by atomic mass is 10.0. The van der Waals surface area contributed by atoms with Crippen LogP contribution in [0, 0.1) is 22.7 Å². The lowest BCUT2D eigenvalue weighted by Crippen LogP contribution is -2.05. The summed E-state index contributed by atoms with van der Waals surface area (Å²) >= 11 is 0. The zero-order valence-corrected chi connectivity index (χ0v) is 25.7. The molecule has 244 valence electrons. The van der Waals surface area contributed by atoms with Gasteiger partial charge < -0.3 is 20.6 Å². The molecule has 0 saturated carbocycles. The average molecular weight is 659 g/mol. The molecule has 12 heteroatoms. The monoisotopic (exact) mass is 658 g/mol. The number of aromatic nitrogens is 2. The molecular weight excluding hydrogens is 630 g/mol. The molecule has 2 heterocycles. The van der Waals surface area contributed by atoms with Gasteiger partial charge in [0.2, 0.25) is 0 Å². The first-order chi connectivity index (χ1) is 22.7. The number of halogens is 6. The van der Waals surface area contributed by atoms with Crippen molar-refractivity contribution in [3.8, 4) is 34.7 Å². The standard InChI is InChI=1S/2C18H14F3N3/c1-2-24-16-9-12(18(19,20)21)5-8-14(16)15(10-22)17(24)11-3-6-13(23)7-4-11;1-2-24-16-9-12(18(19,20)21)6-7-14(16)15(10-22)17(24)11-4-3-5-13(23)8-11/h2*3-9H,2,23H2,1H3. The number of hydrogen-bond acceptors (Lipinski definition) is 4. The molecule has 0 bridgehead atoms. The number of fused-ring (bicyclic) bond motifs is 2. The molecule has 2 aromatic heterocycles. The lowest BCUT2D eigenvalue weighted by molar-refractivity contribution is -0.138. The van der Waals surface area contributed by atoms with Crippen molar-refractivity contribution < 1.29 is 26.3 Å². The molecule has 4 aromatic carbocycles. The topological polar surface area (TPSA) is 109 Å². The summed E-state index contributed by atoms with van der Waals surface area (Å²) in [6, 6.07) is 25.1. The van der Waals surface area contributed by atoms with Crippen molar-refractivity contribution in [2.24, 2.45) is 0 Å². The largest absolute Gasteiger partial charge is 0.416 e. The summed E-state index contributed by atoms with van der Waals surface area (Å²) in [5, 5.41) is 20.1. The zero-order chi connectivity index (χ0) is 35.0. The Kier molecular flexibility index (Phi) is 8.88. The van der Waals surface area contributed by atoms with Crippen molar-refractivity contribution in [2.45, 2.75) is 39.3 Å². The third-order valence-electron chi connectivity index (χ3n) is 7.98. The van der Waals surface area contributed by atoms with E-state index >= 15 is 0 Å². The molecule has 0 aliphatic carbocycles. The highest BCUT2D eigenvalue weighted by Crippen LogP contribution is 2.39. The van der Waals surface area contributed by atoms with Crippen LogP contribution in [0.25, 0.3) is 44.3 Å². The second kappa shape index (κ2) is 12.7. The summed E-state index contributed by atoms with van der Waals surface area (Å²) in [5.41, 5.74) is 15.3. The van der Waals surface area contributed by atoms with Crippen molar-refractivity contribution >= 4 is 33.2 Å². The van der Waals surface area contributed by atoms with E-state index in [-0.39, 0.29) is 0 Å². The Morgan fingerprint density at radius 2 is 1.04 bits per heavy atom. The first kappa shape index (κ1) is 33.5. The van der Waals surface area contributed by atoms with E-state index in [1.54, 1.807) is 57.7 Å². The SMILES string of the molecule is CCn1c(-c2ccc(N)cc2)c(C#N)c2ccc(C(F)(F)F)cc21.CCn1c(-c2cccc(N)c2)c(C#N)c2ccc(C(F)(F)F)cc21. The van der Waals surface area contributed by atoms with E-state index in [0.717, 1.165) is 29.8 Å². The lowest BCUT2D eigenvalue weighted by Gasteiger charge is -2.10. The molecule has 6 nitrogen and oxygen atoms in total. The van der Waals surface area contributed by atoms with Crippen LogP contribution in [0.1, 0.15) is 36.1 Å². The number of hydrogen-bond donors (Lipinski definition) is 2. The van der Waals surface area contributed by atoms with Gasteiger partial charge in [0.15, 0.2) is 0 Å². The normalized spacial score (nSPS) is 11.6. The second-order valence-corrected chi connectivity index (χ2v) is 10.9. The fourth-order valence-corrected chi connectivity index (χ4v) is 5.86. The van der Waals surface area contributed by atoms with Crippen LogP contribution in [-0.4, -0.2) is 9.13 Å². The summed E-state index contributed by atoms with van der Waals surface area (Å²) < 4.78 is 81.6. The van der Waals surface area contributed by atoms with E-state index in [1.807, 2.05) is 13.8 Å². The predicted molar refractivity (Wildman–Crippen MR) is 174 cm³/mol. The Bertz CT molecular complexity index is 2230. The molecule has 6 aromatic rings. The van der Waals surface area contributed by atoms with Crippen molar-refractivity contribution in [3.63, 3.8) is 0 Å². The van der Waals surface area contributed by atoms with Gasteiger partial charge in [-0.15, -0.1) is 0 Å². The summed E-state index contributed by atoms with van der Waals surface area (Å²) in [7, 11) is 0. The van der Waals surface area contributed by atoms with Gasteiger partial charge in [-0.3, -0.25) is 0 Å². The van der Waals surface area contributed by atoms with E-state index < -0.39 is 23.5 Å². The molecule has 6 rings (SSSR count). The number of rotatable bonds is 4. The van der Waals surface area contributed by atoms with E-state index in [2.05, 4.69) is 12.1 Å². The molecule has 48 heavy (non-hydrogen) atoms. The molecule has 0 unspecified atom stereocenters. The Labute approximate surface area is 271 Å². The molecule has 0 aliphatic heterocycles. The number of nitrogen functional groups attached to an aromatic ring is 2. The van der Waals surface area contributed by atoms with E-state index in [0.29, 0.717) is 74.3 Å². The molecule has 0 amide bonds. The number of alkyl halides is 6. The number of nitrogens with zero attached hydrogens (tertiary/aromatic N) is 4. The number of anilines is 2. The highest BCUT2D eigenvalue weighted by Gasteiger charge is 2.33. The molecule has 0 aliphatic rings. The predicted octanol–water partition coefficient (Wildman–Crippen LogP) is 9.60. The molecule has 0 radical (unpaired) electrons. The molecular formula is C36H28F6N6. The van der Waals surface area contributed by atoms with Crippen LogP contribution >= 0.6 is 0 Å². The summed E-state index contributed by atoms with van der Waals surface area (Å²) in [6.07, 6.45) is -8.85. The third kappa shape index (κ3) is 6.13. The minimum atomic E-state index is -4.43. The van der Waals surface area contributed by atoms with Gasteiger partial charge in [-0.25, -0.2) is 0 Å². The van der Waals surface area contributed by atoms with Gasteiger partial charge in [0.05, 0.1) is 44.7 Å². The van der Waals surface area contributed by atoms with Crippen molar-refractivity contribution in [3.05, 3.63) is 107 Å². The van der Waals surface area contributed by atoms with E-state index in [4.69, 9.17) is 11.5 Å². The third-order valence-corrected chi connectivity index (χ3v) is 7.98. The van der Waals surface area contributed by atoms with Crippen LogP contribution in [0.3, 0.4) is 0 Å². The second-order valence-electron chi connectivity index (χ2n) is 10.9. The highest BCUT2D eigenvalue weighted by atomic mass is 19.4. The Morgan fingerprint density at radius 1 is 0.583 bits per heavy atom. The molecule has 0 saturated heterocycles. The Balaban J connectivity index is 0.000000188. The number of benzene rings is 4. The number of nitrogens with two attached hydrogens (primary N) is 2. The van der Waals surface area contributed by atoms with Crippen molar-refractivity contribution in [1.82, 2.24) is 9.13 Å². The van der Waals surface area contributed by atoms with E-state index in [9.17, 15) is 36.9 Å². The fraction of sp³-hybridized carbons (Fsp3) is 0.167. The van der Waals surface area contributed by atoms with Crippen molar-refractivity contribution in [2.75, 3.05) is 11.5 Å². The first-order valence-corrected chi connectivity index (χ1v) is 14.7. The van der Waals surface area contributed by atoms with Crippen LogP contribution in [0.5, 0.6) is 0 Å². The maximum atomic E-state index is 13.0. The summed E-state index contributed by atoms with van der Waals surface area (Å²) in [5.74, 6) is 0. The molecule has 0 atom stereocenters. The minimum Gasteiger partial charge on any atom is -0.399 e. The highest BCUT2D eigenvalue weighted by molar-refractivity contribution is 5.96. The Morgan fingerprint density at radius 3 is 1.44 bits per heavy atom. The zero-order valence-electron chi connectivity index (χ0n) is 25.7. The summed E-state index contributed by atoms with van der Waals surface area (Å²) in [6.45, 7) is 4.54. The van der Waals surface area contributed by atoms with Crippen LogP contribution in [-0.2, 0) is 25.4 Å². The van der Waals surface area contributed by atoms with Crippen molar-refractivity contribution in [1.29, 1.82) is 10.5 Å². The average Bonchev–Trinajstić information content (AvgIpc) is 3.55. The van der Waals surface area contributed by atoms with Crippen LogP contribution < -0.4 is 11.5 Å². The maximum absolute atomic E-state index is 13.0. The van der Waals surface area contributed by atoms with E-state index in [1.165, 1.54) is 12.1 Å². The first-order valence-electron chi connectivity index (χ1n) is 14.7. The molecule has 4 N–H and O–H groups in total. The molecule has 0 fully saturated rings. The van der Waals surface area contributed by atoms with Gasteiger partial charge in [0, 0.05) is 40.8 Å². The molecule has 0 spiro atoms. The number of aryl methyl sites for hydroxylation is 2. The smallest absolute Gasteiger partial charge is 0.399 e. The van der Waals surface area contributed by atoms with Gasteiger partial charge in [-0.1, -0.05) is 36.4 Å².